The van der Waals surface area contributed by atoms with Crippen LogP contribution in [0.3, 0.4) is 0 Å². The molecule has 17 heavy (non-hydrogen) atoms. The number of carbonyl (C=O) groups is 1. The smallest absolute Gasteiger partial charge is 0.333 e. The van der Waals surface area contributed by atoms with Crippen molar-refractivity contribution in [3.05, 3.63) is 24.0 Å². The SMILES string of the molecule is CCC(=CCSc1nccnc1N)C(=O)OC. The normalized spacial score (nSPS) is 11.3. The fraction of sp³-hybridized carbons (Fsp3) is 0.364. The largest absolute Gasteiger partial charge is 0.466 e. The maximum absolute atomic E-state index is 11.3. The van der Waals surface area contributed by atoms with E-state index >= 15 is 0 Å². The third kappa shape index (κ3) is 4.07. The maximum Gasteiger partial charge on any atom is 0.333 e. The summed E-state index contributed by atoms with van der Waals surface area (Å²) < 4.78 is 4.66. The molecule has 0 amide bonds. The third-order valence-corrected chi connectivity index (χ3v) is 2.99. The number of nitrogen functional groups attached to an aromatic ring is 1. The number of carbonyl (C=O) groups excluding carboxylic acids is 1. The number of esters is 1. The van der Waals surface area contributed by atoms with Gasteiger partial charge >= 0.3 is 5.97 Å². The molecule has 0 aliphatic carbocycles. The van der Waals surface area contributed by atoms with Crippen molar-refractivity contribution < 1.29 is 9.53 Å². The van der Waals surface area contributed by atoms with Crippen LogP contribution < -0.4 is 5.73 Å². The molecule has 0 bridgehead atoms. The van der Waals surface area contributed by atoms with Crippen molar-refractivity contribution in [3.63, 3.8) is 0 Å². The monoisotopic (exact) mass is 253 g/mol. The predicted octanol–water partition coefficient (Wildman–Crippen LogP) is 1.66. The summed E-state index contributed by atoms with van der Waals surface area (Å²) in [6.07, 6.45) is 5.60. The summed E-state index contributed by atoms with van der Waals surface area (Å²) >= 11 is 1.44. The Morgan fingerprint density at radius 3 is 2.82 bits per heavy atom. The molecule has 0 radical (unpaired) electrons. The van der Waals surface area contributed by atoms with Crippen LogP contribution in [-0.4, -0.2) is 28.8 Å². The first-order chi connectivity index (χ1) is 8.19. The Labute approximate surface area is 104 Å². The molecule has 1 rings (SSSR count). The van der Waals surface area contributed by atoms with Crippen LogP contribution >= 0.6 is 11.8 Å². The van der Waals surface area contributed by atoms with Gasteiger partial charge in [0.15, 0.2) is 5.82 Å². The molecule has 0 unspecified atom stereocenters. The molecule has 0 fully saturated rings. The number of nitrogens with two attached hydrogens (primary N) is 1. The van der Waals surface area contributed by atoms with E-state index in [2.05, 4.69) is 14.7 Å². The lowest BCUT2D eigenvalue weighted by Gasteiger charge is -2.03. The summed E-state index contributed by atoms with van der Waals surface area (Å²) in [4.78, 5) is 19.3. The number of thioether (sulfide) groups is 1. The molecule has 0 aliphatic rings. The number of hydrogen-bond acceptors (Lipinski definition) is 6. The van der Waals surface area contributed by atoms with Crippen LogP contribution in [0.5, 0.6) is 0 Å². The van der Waals surface area contributed by atoms with Crippen molar-refractivity contribution in [3.8, 4) is 0 Å². The van der Waals surface area contributed by atoms with Gasteiger partial charge < -0.3 is 10.5 Å². The van der Waals surface area contributed by atoms with Crippen molar-refractivity contribution in [2.75, 3.05) is 18.6 Å². The van der Waals surface area contributed by atoms with Crippen LogP contribution in [0.4, 0.5) is 5.82 Å². The summed E-state index contributed by atoms with van der Waals surface area (Å²) in [5.74, 6) is 0.725. The minimum Gasteiger partial charge on any atom is -0.466 e. The predicted molar refractivity (Wildman–Crippen MR) is 67.6 cm³/mol. The summed E-state index contributed by atoms with van der Waals surface area (Å²) in [5.41, 5.74) is 6.30. The van der Waals surface area contributed by atoms with Crippen LogP contribution in [0.15, 0.2) is 29.1 Å². The zero-order chi connectivity index (χ0) is 12.7. The van der Waals surface area contributed by atoms with Gasteiger partial charge in [-0.25, -0.2) is 14.8 Å². The Morgan fingerprint density at radius 2 is 2.24 bits per heavy atom. The zero-order valence-electron chi connectivity index (χ0n) is 9.84. The molecule has 0 saturated heterocycles. The minimum absolute atomic E-state index is 0.291. The molecule has 1 aromatic rings. The molecular weight excluding hydrogens is 238 g/mol. The molecule has 0 saturated carbocycles. The quantitative estimate of drug-likeness (QED) is 0.488. The van der Waals surface area contributed by atoms with Crippen LogP contribution in [0.25, 0.3) is 0 Å². The number of methoxy groups -OCH3 is 1. The van der Waals surface area contributed by atoms with E-state index < -0.39 is 0 Å². The second-order valence-electron chi connectivity index (χ2n) is 3.13. The average molecular weight is 253 g/mol. The summed E-state index contributed by atoms with van der Waals surface area (Å²) in [5, 5.41) is 0.670. The van der Waals surface area contributed by atoms with Gasteiger partial charge in [-0.1, -0.05) is 24.8 Å². The zero-order valence-corrected chi connectivity index (χ0v) is 10.7. The fourth-order valence-electron chi connectivity index (χ4n) is 1.17. The van der Waals surface area contributed by atoms with Crippen molar-refractivity contribution >= 4 is 23.5 Å². The molecule has 92 valence electrons. The summed E-state index contributed by atoms with van der Waals surface area (Å²) in [7, 11) is 1.37. The summed E-state index contributed by atoms with van der Waals surface area (Å²) in [6.45, 7) is 1.91. The van der Waals surface area contributed by atoms with E-state index in [4.69, 9.17) is 5.73 Å². The molecule has 0 spiro atoms. The Bertz CT molecular complexity index is 421. The second-order valence-corrected chi connectivity index (χ2v) is 4.14. The van der Waals surface area contributed by atoms with Crippen molar-refractivity contribution in [2.24, 2.45) is 0 Å². The highest BCUT2D eigenvalue weighted by Gasteiger charge is 2.07. The lowest BCUT2D eigenvalue weighted by Crippen LogP contribution is -2.04. The van der Waals surface area contributed by atoms with E-state index in [9.17, 15) is 4.79 Å². The van der Waals surface area contributed by atoms with Gasteiger partial charge in [-0.05, 0) is 6.42 Å². The van der Waals surface area contributed by atoms with Crippen molar-refractivity contribution in [2.45, 2.75) is 18.4 Å². The molecule has 0 aromatic carbocycles. The molecule has 1 heterocycles. The van der Waals surface area contributed by atoms with E-state index in [-0.39, 0.29) is 5.97 Å². The summed E-state index contributed by atoms with van der Waals surface area (Å²) in [6, 6.07) is 0. The van der Waals surface area contributed by atoms with Gasteiger partial charge in [-0.15, -0.1) is 0 Å². The third-order valence-electron chi connectivity index (χ3n) is 2.07. The van der Waals surface area contributed by atoms with Gasteiger partial charge in [0.2, 0.25) is 0 Å². The number of anilines is 1. The Balaban J connectivity index is 2.59. The fourth-order valence-corrected chi connectivity index (χ4v) is 1.95. The van der Waals surface area contributed by atoms with Gasteiger partial charge in [0.05, 0.1) is 7.11 Å². The van der Waals surface area contributed by atoms with E-state index in [1.807, 2.05) is 13.0 Å². The van der Waals surface area contributed by atoms with E-state index in [0.717, 1.165) is 0 Å². The van der Waals surface area contributed by atoms with E-state index in [0.29, 0.717) is 28.6 Å². The van der Waals surface area contributed by atoms with Gasteiger partial charge in [0, 0.05) is 23.7 Å². The second kappa shape index (κ2) is 6.90. The topological polar surface area (TPSA) is 78.1 Å². The number of hydrogen-bond donors (Lipinski definition) is 1. The van der Waals surface area contributed by atoms with Crippen LogP contribution in [-0.2, 0) is 9.53 Å². The molecule has 5 nitrogen and oxygen atoms in total. The first-order valence-corrected chi connectivity index (χ1v) is 6.14. The molecule has 2 N–H and O–H groups in total. The van der Waals surface area contributed by atoms with Crippen LogP contribution in [0.2, 0.25) is 0 Å². The molecule has 0 atom stereocenters. The molecule has 1 aromatic heterocycles. The molecule has 6 heteroatoms. The lowest BCUT2D eigenvalue weighted by molar-refractivity contribution is -0.136. The number of nitrogens with zero attached hydrogens (tertiary/aromatic N) is 2. The number of aromatic nitrogens is 2. The van der Waals surface area contributed by atoms with E-state index in [1.54, 1.807) is 12.4 Å². The van der Waals surface area contributed by atoms with Gasteiger partial charge in [0.1, 0.15) is 5.03 Å². The highest BCUT2D eigenvalue weighted by molar-refractivity contribution is 7.99. The Hall–Kier alpha value is -1.56. The average Bonchev–Trinajstić information content (AvgIpc) is 2.36. The van der Waals surface area contributed by atoms with Gasteiger partial charge in [-0.3, -0.25) is 0 Å². The first-order valence-electron chi connectivity index (χ1n) is 5.15. The molecular formula is C11H15N3O2S. The van der Waals surface area contributed by atoms with Crippen molar-refractivity contribution in [1.29, 1.82) is 0 Å². The van der Waals surface area contributed by atoms with E-state index in [1.165, 1.54) is 18.9 Å². The first kappa shape index (κ1) is 13.5. The van der Waals surface area contributed by atoms with Gasteiger partial charge in [0.25, 0.3) is 0 Å². The highest BCUT2D eigenvalue weighted by Crippen LogP contribution is 2.20. The number of ether oxygens (including phenoxy) is 1. The maximum atomic E-state index is 11.3. The van der Waals surface area contributed by atoms with Crippen molar-refractivity contribution in [1.82, 2.24) is 9.97 Å². The minimum atomic E-state index is -0.291. The Kier molecular flexibility index (Phi) is 5.48. The van der Waals surface area contributed by atoms with Gasteiger partial charge in [-0.2, -0.15) is 0 Å². The Morgan fingerprint density at radius 1 is 1.53 bits per heavy atom. The lowest BCUT2D eigenvalue weighted by atomic mass is 10.2. The standard InChI is InChI=1S/C11H15N3O2S/c1-3-8(11(15)16-2)4-7-17-10-9(12)13-5-6-14-10/h4-6H,3,7H2,1-2H3,(H2,12,13). The van der Waals surface area contributed by atoms with Crippen LogP contribution in [0, 0.1) is 0 Å². The van der Waals surface area contributed by atoms with Crippen LogP contribution in [0.1, 0.15) is 13.3 Å². The molecule has 0 aliphatic heterocycles. The highest BCUT2D eigenvalue weighted by atomic mass is 32.2. The number of rotatable bonds is 5.